The maximum Gasteiger partial charge on any atom is 0.336 e. The fourth-order valence-electron chi connectivity index (χ4n) is 4.00. The first kappa shape index (κ1) is 19.3. The zero-order chi connectivity index (χ0) is 20.7. The van der Waals surface area contributed by atoms with Crippen LogP contribution >= 0.6 is 11.6 Å². The third kappa shape index (κ3) is 3.42. The van der Waals surface area contributed by atoms with Crippen molar-refractivity contribution in [3.8, 4) is 11.5 Å². The maximum absolute atomic E-state index is 12.1. The van der Waals surface area contributed by atoms with Crippen LogP contribution < -0.4 is 9.84 Å². The average Bonchev–Trinajstić information content (AvgIpc) is 2.68. The summed E-state index contributed by atoms with van der Waals surface area (Å²) in [5, 5.41) is 22.7. The predicted molar refractivity (Wildman–Crippen MR) is 112 cm³/mol. The third-order valence-electron chi connectivity index (χ3n) is 5.22. The van der Waals surface area contributed by atoms with E-state index in [0.29, 0.717) is 34.1 Å². The van der Waals surface area contributed by atoms with Gasteiger partial charge in [-0.05, 0) is 65.5 Å². The minimum absolute atomic E-state index is 0.0815. The van der Waals surface area contributed by atoms with Crippen molar-refractivity contribution >= 4 is 40.1 Å². The number of allylic oxidation sites excluding steroid dienone is 1. The number of rotatable bonds is 3. The summed E-state index contributed by atoms with van der Waals surface area (Å²) >= 11 is 6.07. The SMILES string of the molecule is COc1cc(/C=C2\C[C@@H](C)Cc3c2nc2ccccc2c3C(=O)O)cc(Cl)c1[O-]. The van der Waals surface area contributed by atoms with Gasteiger partial charge in [-0.3, -0.25) is 0 Å². The second-order valence-corrected chi connectivity index (χ2v) is 7.76. The van der Waals surface area contributed by atoms with Crippen LogP contribution in [0.25, 0.3) is 22.6 Å². The van der Waals surface area contributed by atoms with Gasteiger partial charge in [-0.2, -0.15) is 0 Å². The molecule has 5 nitrogen and oxygen atoms in total. The smallest absolute Gasteiger partial charge is 0.336 e. The van der Waals surface area contributed by atoms with Crippen LogP contribution in [0.5, 0.6) is 11.5 Å². The summed E-state index contributed by atoms with van der Waals surface area (Å²) in [7, 11) is 1.43. The molecule has 0 spiro atoms. The second-order valence-electron chi connectivity index (χ2n) is 7.35. The second kappa shape index (κ2) is 7.41. The van der Waals surface area contributed by atoms with E-state index in [4.69, 9.17) is 21.3 Å². The first-order valence-electron chi connectivity index (χ1n) is 9.29. The van der Waals surface area contributed by atoms with Crippen molar-refractivity contribution in [2.75, 3.05) is 7.11 Å². The van der Waals surface area contributed by atoms with E-state index in [2.05, 4.69) is 6.92 Å². The number of aromatic carboxylic acids is 1. The van der Waals surface area contributed by atoms with Gasteiger partial charge in [0, 0.05) is 10.4 Å². The van der Waals surface area contributed by atoms with Gasteiger partial charge in [0.25, 0.3) is 0 Å². The fourth-order valence-corrected chi connectivity index (χ4v) is 4.22. The van der Waals surface area contributed by atoms with Crippen molar-refractivity contribution in [1.82, 2.24) is 4.98 Å². The molecular formula is C23H19ClNO4-. The van der Waals surface area contributed by atoms with E-state index in [-0.39, 0.29) is 22.4 Å². The maximum atomic E-state index is 12.1. The molecule has 0 amide bonds. The Morgan fingerprint density at radius 2 is 2.07 bits per heavy atom. The Balaban J connectivity index is 1.97. The third-order valence-corrected chi connectivity index (χ3v) is 5.51. The van der Waals surface area contributed by atoms with E-state index in [1.165, 1.54) is 7.11 Å². The van der Waals surface area contributed by atoms with Gasteiger partial charge in [0.15, 0.2) is 0 Å². The molecule has 1 aromatic heterocycles. The highest BCUT2D eigenvalue weighted by atomic mass is 35.5. The Hall–Kier alpha value is -3.05. The largest absolute Gasteiger partial charge is 0.869 e. The minimum Gasteiger partial charge on any atom is -0.869 e. The Morgan fingerprint density at radius 3 is 2.79 bits per heavy atom. The fraction of sp³-hybridized carbons (Fsp3) is 0.217. The lowest BCUT2D eigenvalue weighted by Crippen LogP contribution is -2.17. The number of ether oxygens (including phenoxy) is 1. The van der Waals surface area contributed by atoms with E-state index < -0.39 is 5.97 Å². The number of benzene rings is 2. The number of pyridine rings is 1. The van der Waals surface area contributed by atoms with Crippen LogP contribution in [-0.4, -0.2) is 23.2 Å². The van der Waals surface area contributed by atoms with E-state index in [1.54, 1.807) is 18.2 Å². The summed E-state index contributed by atoms with van der Waals surface area (Å²) in [6, 6.07) is 10.5. The Labute approximate surface area is 173 Å². The van der Waals surface area contributed by atoms with Crippen molar-refractivity contribution in [3.05, 3.63) is 63.8 Å². The number of methoxy groups -OCH3 is 1. The molecule has 3 aromatic rings. The van der Waals surface area contributed by atoms with Gasteiger partial charge in [-0.15, -0.1) is 0 Å². The van der Waals surface area contributed by atoms with Crippen molar-refractivity contribution in [3.63, 3.8) is 0 Å². The summed E-state index contributed by atoms with van der Waals surface area (Å²) in [5.41, 5.74) is 4.04. The summed E-state index contributed by atoms with van der Waals surface area (Å²) in [5.74, 6) is -0.878. The molecule has 2 aromatic carbocycles. The lowest BCUT2D eigenvalue weighted by molar-refractivity contribution is -0.269. The Kier molecular flexibility index (Phi) is 4.92. The minimum atomic E-state index is -0.950. The van der Waals surface area contributed by atoms with Crippen molar-refractivity contribution in [1.29, 1.82) is 0 Å². The number of hydrogen-bond acceptors (Lipinski definition) is 4. The number of fused-ring (bicyclic) bond motifs is 2. The number of carbonyl (C=O) groups is 1. The van der Waals surface area contributed by atoms with Gasteiger partial charge >= 0.3 is 5.97 Å². The predicted octanol–water partition coefficient (Wildman–Crippen LogP) is 4.79. The highest BCUT2D eigenvalue weighted by molar-refractivity contribution is 6.32. The summed E-state index contributed by atoms with van der Waals surface area (Å²) in [6.45, 7) is 2.09. The Morgan fingerprint density at radius 1 is 1.31 bits per heavy atom. The topological polar surface area (TPSA) is 82.5 Å². The molecule has 1 aliphatic rings. The molecule has 29 heavy (non-hydrogen) atoms. The number of aromatic nitrogens is 1. The Bertz CT molecular complexity index is 1170. The molecule has 0 unspecified atom stereocenters. The van der Waals surface area contributed by atoms with Gasteiger partial charge in [-0.1, -0.05) is 36.7 Å². The van der Waals surface area contributed by atoms with Crippen LogP contribution in [0.1, 0.15) is 40.5 Å². The van der Waals surface area contributed by atoms with Crippen molar-refractivity contribution < 1.29 is 19.7 Å². The molecule has 4 rings (SSSR count). The summed E-state index contributed by atoms with van der Waals surface area (Å²) < 4.78 is 5.13. The molecule has 1 N–H and O–H groups in total. The number of halogens is 1. The molecular weight excluding hydrogens is 390 g/mol. The number of hydrogen-bond donors (Lipinski definition) is 1. The lowest BCUT2D eigenvalue weighted by atomic mass is 9.80. The van der Waals surface area contributed by atoms with Crippen LogP contribution in [0, 0.1) is 5.92 Å². The molecule has 0 radical (unpaired) electrons. The van der Waals surface area contributed by atoms with Crippen LogP contribution in [0.15, 0.2) is 36.4 Å². The lowest BCUT2D eigenvalue weighted by Gasteiger charge is -2.26. The molecule has 1 aliphatic carbocycles. The molecule has 0 bridgehead atoms. The number of carboxylic acids is 1. The quantitative estimate of drug-likeness (QED) is 0.673. The van der Waals surface area contributed by atoms with Gasteiger partial charge in [0.2, 0.25) is 0 Å². The van der Waals surface area contributed by atoms with Crippen LogP contribution in [0.3, 0.4) is 0 Å². The zero-order valence-electron chi connectivity index (χ0n) is 16.0. The van der Waals surface area contributed by atoms with Gasteiger partial charge in [0.05, 0.1) is 23.9 Å². The van der Waals surface area contributed by atoms with E-state index in [0.717, 1.165) is 17.6 Å². The van der Waals surface area contributed by atoms with Crippen molar-refractivity contribution in [2.45, 2.75) is 19.8 Å². The van der Waals surface area contributed by atoms with E-state index >= 15 is 0 Å². The molecule has 0 aliphatic heterocycles. The van der Waals surface area contributed by atoms with Gasteiger partial charge in [0.1, 0.15) is 5.75 Å². The first-order valence-corrected chi connectivity index (χ1v) is 9.67. The molecule has 1 heterocycles. The van der Waals surface area contributed by atoms with Crippen LogP contribution in [-0.2, 0) is 6.42 Å². The zero-order valence-corrected chi connectivity index (χ0v) is 16.8. The highest BCUT2D eigenvalue weighted by Gasteiger charge is 2.27. The summed E-state index contributed by atoms with van der Waals surface area (Å²) in [4.78, 5) is 16.9. The van der Waals surface area contributed by atoms with E-state index in [1.807, 2.05) is 24.3 Å². The van der Waals surface area contributed by atoms with Gasteiger partial charge in [-0.25, -0.2) is 9.78 Å². The first-order chi connectivity index (χ1) is 13.9. The normalized spacial score (nSPS) is 17.3. The molecule has 148 valence electrons. The molecule has 0 fully saturated rings. The number of para-hydroxylation sites is 1. The number of nitrogens with zero attached hydrogens (tertiary/aromatic N) is 1. The van der Waals surface area contributed by atoms with E-state index in [9.17, 15) is 15.0 Å². The standard InChI is InChI=1S/C23H20ClNO4/c1-12-7-14(9-13-10-17(24)22(26)19(11-13)29-2)21-16(8-12)20(23(27)28)15-5-3-4-6-18(15)25-21/h3-6,9-12,26H,7-8H2,1-2H3,(H,27,28)/p-1/b14-9+/t12-/m1/s1. The molecule has 0 saturated heterocycles. The van der Waals surface area contributed by atoms with Crippen LogP contribution in [0.4, 0.5) is 0 Å². The summed E-state index contributed by atoms with van der Waals surface area (Å²) in [6.07, 6.45) is 3.31. The molecule has 6 heteroatoms. The van der Waals surface area contributed by atoms with Gasteiger partial charge < -0.3 is 14.9 Å². The number of carboxylic acid groups (broad SMARTS) is 1. The highest BCUT2D eigenvalue weighted by Crippen LogP contribution is 2.40. The molecule has 0 saturated carbocycles. The monoisotopic (exact) mass is 408 g/mol. The van der Waals surface area contributed by atoms with Crippen molar-refractivity contribution in [2.24, 2.45) is 5.92 Å². The molecule has 1 atom stereocenters. The van der Waals surface area contributed by atoms with Crippen LogP contribution in [0.2, 0.25) is 5.02 Å². The average molecular weight is 409 g/mol.